The Hall–Kier alpha value is -1.03. The predicted octanol–water partition coefficient (Wildman–Crippen LogP) is 2.87. The first-order chi connectivity index (χ1) is 8.67. The van der Waals surface area contributed by atoms with E-state index in [9.17, 15) is 4.79 Å². The Morgan fingerprint density at radius 3 is 2.56 bits per heavy atom. The van der Waals surface area contributed by atoms with Gasteiger partial charge in [0.1, 0.15) is 5.75 Å². The zero-order valence-electron chi connectivity index (χ0n) is 11.0. The Labute approximate surface area is 117 Å². The van der Waals surface area contributed by atoms with Crippen molar-refractivity contribution in [3.8, 4) is 5.75 Å². The summed E-state index contributed by atoms with van der Waals surface area (Å²) in [6.07, 6.45) is 1.88. The highest BCUT2D eigenvalue weighted by Gasteiger charge is 2.05. The highest BCUT2D eigenvalue weighted by Crippen LogP contribution is 2.12. The Kier molecular flexibility index (Phi) is 6.80. The SMILES string of the molecule is CCc1ccc(OCCCN(C)C(=O)CBr)cc1. The molecule has 0 unspecified atom stereocenters. The Morgan fingerprint density at radius 2 is 2.00 bits per heavy atom. The van der Waals surface area contributed by atoms with Gasteiger partial charge in [0, 0.05) is 13.6 Å². The molecular weight excluding hydrogens is 294 g/mol. The number of benzene rings is 1. The van der Waals surface area contributed by atoms with Crippen molar-refractivity contribution in [2.75, 3.05) is 25.5 Å². The number of hydrogen-bond donors (Lipinski definition) is 0. The molecule has 18 heavy (non-hydrogen) atoms. The molecule has 100 valence electrons. The minimum Gasteiger partial charge on any atom is -0.494 e. The molecule has 0 saturated heterocycles. The molecule has 0 fully saturated rings. The molecule has 0 aliphatic carbocycles. The number of amides is 1. The van der Waals surface area contributed by atoms with E-state index in [0.717, 1.165) is 25.1 Å². The highest BCUT2D eigenvalue weighted by atomic mass is 79.9. The lowest BCUT2D eigenvalue weighted by Gasteiger charge is -2.15. The van der Waals surface area contributed by atoms with Crippen LogP contribution in [0.5, 0.6) is 5.75 Å². The molecule has 0 saturated carbocycles. The highest BCUT2D eigenvalue weighted by molar-refractivity contribution is 9.09. The van der Waals surface area contributed by atoms with Crippen molar-refractivity contribution in [1.82, 2.24) is 4.90 Å². The standard InChI is InChI=1S/C14H20BrNO2/c1-3-12-5-7-13(8-6-12)18-10-4-9-16(2)14(17)11-15/h5-8H,3-4,9-11H2,1-2H3. The molecule has 0 heterocycles. The second-order valence-corrected chi connectivity index (χ2v) is 4.71. The zero-order valence-corrected chi connectivity index (χ0v) is 12.6. The van der Waals surface area contributed by atoms with E-state index in [4.69, 9.17) is 4.74 Å². The van der Waals surface area contributed by atoms with Crippen LogP contribution >= 0.6 is 15.9 Å². The average Bonchev–Trinajstić information content (AvgIpc) is 2.43. The van der Waals surface area contributed by atoms with Crippen molar-refractivity contribution < 1.29 is 9.53 Å². The number of alkyl halides is 1. The molecule has 0 aromatic heterocycles. The monoisotopic (exact) mass is 313 g/mol. The van der Waals surface area contributed by atoms with Gasteiger partial charge in [-0.05, 0) is 30.5 Å². The third-order valence-corrected chi connectivity index (χ3v) is 3.26. The van der Waals surface area contributed by atoms with Crippen molar-refractivity contribution in [3.05, 3.63) is 29.8 Å². The quantitative estimate of drug-likeness (QED) is 0.572. The third kappa shape index (κ3) is 5.08. The van der Waals surface area contributed by atoms with Crippen molar-refractivity contribution in [1.29, 1.82) is 0 Å². The summed E-state index contributed by atoms with van der Waals surface area (Å²) in [4.78, 5) is 13.0. The molecule has 1 aromatic rings. The first kappa shape index (κ1) is 15.0. The summed E-state index contributed by atoms with van der Waals surface area (Å²) in [5.41, 5.74) is 1.31. The van der Waals surface area contributed by atoms with E-state index in [1.54, 1.807) is 11.9 Å². The van der Waals surface area contributed by atoms with Gasteiger partial charge in [0.2, 0.25) is 5.91 Å². The van der Waals surface area contributed by atoms with Crippen LogP contribution in [0.25, 0.3) is 0 Å². The number of halogens is 1. The lowest BCUT2D eigenvalue weighted by Crippen LogP contribution is -2.29. The second kappa shape index (κ2) is 8.14. The molecule has 0 spiro atoms. The molecule has 0 N–H and O–H groups in total. The third-order valence-electron chi connectivity index (χ3n) is 2.78. The summed E-state index contributed by atoms with van der Waals surface area (Å²) in [7, 11) is 1.81. The maximum atomic E-state index is 11.3. The van der Waals surface area contributed by atoms with E-state index in [-0.39, 0.29) is 5.91 Å². The lowest BCUT2D eigenvalue weighted by atomic mass is 10.2. The summed E-state index contributed by atoms with van der Waals surface area (Å²) in [5.74, 6) is 0.990. The molecule has 0 aliphatic rings. The van der Waals surface area contributed by atoms with Crippen molar-refractivity contribution in [2.24, 2.45) is 0 Å². The molecular formula is C14H20BrNO2. The van der Waals surface area contributed by atoms with Crippen molar-refractivity contribution in [3.63, 3.8) is 0 Å². The van der Waals surface area contributed by atoms with Gasteiger partial charge < -0.3 is 9.64 Å². The average molecular weight is 314 g/mol. The van der Waals surface area contributed by atoms with Crippen LogP contribution in [0.15, 0.2) is 24.3 Å². The predicted molar refractivity (Wildman–Crippen MR) is 77.4 cm³/mol. The van der Waals surface area contributed by atoms with Gasteiger partial charge in [-0.15, -0.1) is 0 Å². The van der Waals surface area contributed by atoms with Gasteiger partial charge in [-0.2, -0.15) is 0 Å². The summed E-state index contributed by atoms with van der Waals surface area (Å²) in [6.45, 7) is 3.48. The fourth-order valence-electron chi connectivity index (χ4n) is 1.54. The van der Waals surface area contributed by atoms with Gasteiger partial charge in [-0.3, -0.25) is 4.79 Å². The Bertz CT molecular complexity index is 365. The van der Waals surface area contributed by atoms with Crippen LogP contribution in [0.3, 0.4) is 0 Å². The van der Waals surface area contributed by atoms with Crippen molar-refractivity contribution >= 4 is 21.8 Å². The molecule has 1 amide bonds. The number of carbonyl (C=O) groups is 1. The van der Waals surface area contributed by atoms with E-state index < -0.39 is 0 Å². The maximum absolute atomic E-state index is 11.3. The Balaban J connectivity index is 2.23. The van der Waals surface area contributed by atoms with E-state index in [0.29, 0.717) is 11.9 Å². The number of nitrogens with zero attached hydrogens (tertiary/aromatic N) is 1. The van der Waals surface area contributed by atoms with Gasteiger partial charge in [0.15, 0.2) is 0 Å². The van der Waals surface area contributed by atoms with Crippen molar-refractivity contribution in [2.45, 2.75) is 19.8 Å². The lowest BCUT2D eigenvalue weighted by molar-refractivity contribution is -0.127. The molecule has 0 atom stereocenters. The molecule has 0 bridgehead atoms. The minimum atomic E-state index is 0.0994. The Morgan fingerprint density at radius 1 is 1.33 bits per heavy atom. The van der Waals surface area contributed by atoms with E-state index in [1.165, 1.54) is 5.56 Å². The molecule has 1 aromatic carbocycles. The molecule has 3 nitrogen and oxygen atoms in total. The fourth-order valence-corrected chi connectivity index (χ4v) is 1.97. The van der Waals surface area contributed by atoms with Crippen LogP contribution in [0.2, 0.25) is 0 Å². The second-order valence-electron chi connectivity index (χ2n) is 4.15. The van der Waals surface area contributed by atoms with E-state index in [1.807, 2.05) is 12.1 Å². The summed E-state index contributed by atoms with van der Waals surface area (Å²) in [5, 5.41) is 0.378. The molecule has 4 heteroatoms. The fraction of sp³-hybridized carbons (Fsp3) is 0.500. The largest absolute Gasteiger partial charge is 0.494 e. The first-order valence-electron chi connectivity index (χ1n) is 6.19. The normalized spacial score (nSPS) is 10.2. The smallest absolute Gasteiger partial charge is 0.232 e. The van der Waals surface area contributed by atoms with Crippen LogP contribution in [-0.2, 0) is 11.2 Å². The minimum absolute atomic E-state index is 0.0994. The van der Waals surface area contributed by atoms with E-state index in [2.05, 4.69) is 35.0 Å². The zero-order chi connectivity index (χ0) is 13.4. The summed E-state index contributed by atoms with van der Waals surface area (Å²) in [6, 6.07) is 8.14. The number of carbonyl (C=O) groups excluding carboxylic acids is 1. The van der Waals surface area contributed by atoms with Crippen LogP contribution in [0.4, 0.5) is 0 Å². The number of hydrogen-bond acceptors (Lipinski definition) is 2. The van der Waals surface area contributed by atoms with Gasteiger partial charge in [0.05, 0.1) is 11.9 Å². The van der Waals surface area contributed by atoms with E-state index >= 15 is 0 Å². The molecule has 0 radical (unpaired) electrons. The molecule has 0 aliphatic heterocycles. The van der Waals surface area contributed by atoms with Crippen LogP contribution in [0, 0.1) is 0 Å². The molecule has 1 rings (SSSR count). The first-order valence-corrected chi connectivity index (χ1v) is 7.31. The van der Waals surface area contributed by atoms with Crippen LogP contribution in [-0.4, -0.2) is 36.3 Å². The van der Waals surface area contributed by atoms with Gasteiger partial charge in [0.25, 0.3) is 0 Å². The van der Waals surface area contributed by atoms with Crippen LogP contribution < -0.4 is 4.74 Å². The van der Waals surface area contributed by atoms with Crippen LogP contribution in [0.1, 0.15) is 18.9 Å². The summed E-state index contributed by atoms with van der Waals surface area (Å²) < 4.78 is 5.62. The summed E-state index contributed by atoms with van der Waals surface area (Å²) >= 11 is 3.15. The van der Waals surface area contributed by atoms with Gasteiger partial charge in [-0.25, -0.2) is 0 Å². The number of aryl methyl sites for hydroxylation is 1. The van der Waals surface area contributed by atoms with Gasteiger partial charge >= 0.3 is 0 Å². The van der Waals surface area contributed by atoms with Gasteiger partial charge in [-0.1, -0.05) is 35.0 Å². The number of rotatable bonds is 7. The number of ether oxygens (including phenoxy) is 1. The maximum Gasteiger partial charge on any atom is 0.232 e. The topological polar surface area (TPSA) is 29.5 Å².